The molecule has 13 nitrogen and oxygen atoms in total. The average molecular weight is 805 g/mol. The fourth-order valence-corrected chi connectivity index (χ4v) is 12.1. The van der Waals surface area contributed by atoms with E-state index >= 15 is 4.79 Å². The lowest BCUT2D eigenvalue weighted by Crippen LogP contribution is -2.64. The van der Waals surface area contributed by atoms with Gasteiger partial charge in [0.2, 0.25) is 33.7 Å². The number of rotatable bonds is 12. The molecule has 0 aromatic heterocycles. The molecular formula is C41H65FN6O7S. The van der Waals surface area contributed by atoms with Crippen molar-refractivity contribution in [2.45, 2.75) is 161 Å². The van der Waals surface area contributed by atoms with E-state index in [1.54, 1.807) is 17.1 Å². The number of hydrogen-bond donors (Lipinski definition) is 4. The normalized spacial score (nSPS) is 29.0. The van der Waals surface area contributed by atoms with Gasteiger partial charge in [0.05, 0.1) is 11.3 Å². The molecule has 15 heteroatoms. The molecule has 6 rings (SSSR count). The van der Waals surface area contributed by atoms with Gasteiger partial charge in [-0.2, -0.15) is 0 Å². The molecule has 0 aromatic carbocycles. The van der Waals surface area contributed by atoms with Gasteiger partial charge in [-0.15, -0.1) is 0 Å². The maximum Gasteiger partial charge on any atom is 0.259 e. The number of fused-ring (bicyclic) bond motifs is 1. The van der Waals surface area contributed by atoms with E-state index in [1.807, 2.05) is 46.4 Å². The van der Waals surface area contributed by atoms with Gasteiger partial charge in [0.15, 0.2) is 0 Å². The third-order valence-electron chi connectivity index (χ3n) is 14.6. The highest BCUT2D eigenvalue weighted by atomic mass is 32.2. The van der Waals surface area contributed by atoms with E-state index in [0.29, 0.717) is 38.8 Å². The molecule has 5 fully saturated rings. The van der Waals surface area contributed by atoms with E-state index in [2.05, 4.69) is 34.5 Å². The van der Waals surface area contributed by atoms with Crippen LogP contribution in [-0.4, -0.2) is 109 Å². The number of alkyl halides is 1. The maximum absolute atomic E-state index is 15.1. The highest BCUT2D eigenvalue weighted by molar-refractivity contribution is 7.91. The molecule has 4 aliphatic carbocycles. The monoisotopic (exact) mass is 804 g/mol. The van der Waals surface area contributed by atoms with E-state index in [4.69, 9.17) is 0 Å². The Balaban J connectivity index is 1.27. The summed E-state index contributed by atoms with van der Waals surface area (Å²) in [7, 11) is -3.88. The molecule has 3 saturated carbocycles. The lowest BCUT2D eigenvalue weighted by Gasteiger charge is -2.40. The van der Waals surface area contributed by atoms with E-state index in [-0.39, 0.29) is 41.5 Å². The van der Waals surface area contributed by atoms with E-state index in [0.717, 1.165) is 32.1 Å². The fourth-order valence-electron chi connectivity index (χ4n) is 10.7. The van der Waals surface area contributed by atoms with Crippen molar-refractivity contribution in [1.29, 1.82) is 0 Å². The second-order valence-corrected chi connectivity index (χ2v) is 22.3. The SMILES string of the molecule is CC(C)(C)[C@H](NC(=O)[C@@H]1CCCCN1CCF)C(=O)N[C@H](C(=O)N1C[C@]2(C[C@H]1C(=O)NC1(C(=O)NS(=O)(=O)C3CC3)CC=CC1)C(C)(C)C21CCC1)C(C)(C)C. The first-order valence-corrected chi connectivity index (χ1v) is 22.3. The van der Waals surface area contributed by atoms with Crippen LogP contribution in [-0.2, 0) is 34.0 Å². The van der Waals surface area contributed by atoms with Crippen LogP contribution in [0.1, 0.15) is 126 Å². The Kier molecular flexibility index (Phi) is 11.1. The van der Waals surface area contributed by atoms with Crippen molar-refractivity contribution in [3.05, 3.63) is 12.2 Å². The van der Waals surface area contributed by atoms with Crippen molar-refractivity contribution in [2.24, 2.45) is 27.1 Å². The Labute approximate surface area is 332 Å². The van der Waals surface area contributed by atoms with E-state index in [1.165, 1.54) is 0 Å². The molecule has 5 amide bonds. The van der Waals surface area contributed by atoms with Crippen molar-refractivity contribution in [1.82, 2.24) is 30.5 Å². The summed E-state index contributed by atoms with van der Waals surface area (Å²) >= 11 is 0. The van der Waals surface area contributed by atoms with Gasteiger partial charge in [0.25, 0.3) is 5.91 Å². The average Bonchev–Trinajstić information content (AvgIpc) is 3.85. The van der Waals surface area contributed by atoms with Gasteiger partial charge in [-0.25, -0.2) is 12.8 Å². The smallest absolute Gasteiger partial charge is 0.259 e. The Morgan fingerprint density at radius 3 is 1.96 bits per heavy atom. The van der Waals surface area contributed by atoms with Crippen LogP contribution in [0.5, 0.6) is 0 Å². The minimum Gasteiger partial charge on any atom is -0.342 e. The number of nitrogens with zero attached hydrogens (tertiary/aromatic N) is 2. The minimum atomic E-state index is -3.88. The number of amides is 5. The molecule has 5 atom stereocenters. The molecule has 0 unspecified atom stereocenters. The van der Waals surface area contributed by atoms with Crippen molar-refractivity contribution in [2.75, 3.05) is 26.3 Å². The van der Waals surface area contributed by atoms with E-state index in [9.17, 15) is 32.0 Å². The molecule has 2 saturated heterocycles. The van der Waals surface area contributed by atoms with Crippen LogP contribution in [0, 0.1) is 27.1 Å². The molecule has 314 valence electrons. The predicted molar refractivity (Wildman–Crippen MR) is 210 cm³/mol. The highest BCUT2D eigenvalue weighted by Gasteiger charge is 2.85. The Bertz CT molecular complexity index is 1730. The quantitative estimate of drug-likeness (QED) is 0.217. The lowest BCUT2D eigenvalue weighted by atomic mass is 9.73. The number of likely N-dealkylation sites (tertiary alicyclic amines) is 2. The van der Waals surface area contributed by atoms with Gasteiger partial charge in [0, 0.05) is 18.5 Å². The molecular weight excluding hydrogens is 740 g/mol. The topological polar surface area (TPSA) is 174 Å². The Morgan fingerprint density at radius 2 is 1.45 bits per heavy atom. The van der Waals surface area contributed by atoms with Crippen molar-refractivity contribution >= 4 is 39.6 Å². The van der Waals surface area contributed by atoms with Crippen LogP contribution in [0.3, 0.4) is 0 Å². The van der Waals surface area contributed by atoms with Gasteiger partial charge in [-0.1, -0.05) is 80.4 Å². The zero-order valence-corrected chi connectivity index (χ0v) is 35.5. The highest BCUT2D eigenvalue weighted by Crippen LogP contribution is 2.88. The third kappa shape index (κ3) is 7.29. The third-order valence-corrected chi connectivity index (χ3v) is 16.4. The first-order chi connectivity index (χ1) is 26.0. The molecule has 0 aromatic rings. The molecule has 4 N–H and O–H groups in total. The summed E-state index contributed by atoms with van der Waals surface area (Å²) < 4.78 is 41.3. The first kappa shape index (κ1) is 42.5. The first-order valence-electron chi connectivity index (χ1n) is 20.7. The van der Waals surface area contributed by atoms with Crippen LogP contribution in [0.15, 0.2) is 12.2 Å². The lowest BCUT2D eigenvalue weighted by molar-refractivity contribution is -0.146. The molecule has 2 spiro atoms. The number of hydrogen-bond acceptors (Lipinski definition) is 8. The van der Waals surface area contributed by atoms with Gasteiger partial charge in [-0.3, -0.25) is 33.6 Å². The summed E-state index contributed by atoms with van der Waals surface area (Å²) in [4.78, 5) is 74.9. The van der Waals surface area contributed by atoms with Gasteiger partial charge < -0.3 is 20.9 Å². The molecule has 0 bridgehead atoms. The number of sulfonamides is 1. The van der Waals surface area contributed by atoms with Crippen LogP contribution >= 0.6 is 0 Å². The number of nitrogens with one attached hydrogen (secondary N) is 4. The molecule has 56 heavy (non-hydrogen) atoms. The molecule has 2 aliphatic heterocycles. The fraction of sp³-hybridized carbons (Fsp3) is 0.829. The zero-order chi connectivity index (χ0) is 41.3. The predicted octanol–water partition coefficient (Wildman–Crippen LogP) is 3.48. The minimum absolute atomic E-state index is 0.0346. The summed E-state index contributed by atoms with van der Waals surface area (Å²) in [5.74, 6) is -2.63. The second kappa shape index (κ2) is 14.6. The van der Waals surface area contributed by atoms with Crippen molar-refractivity contribution in [3.8, 4) is 0 Å². The molecule has 2 heterocycles. The molecule has 6 aliphatic rings. The summed E-state index contributed by atoms with van der Waals surface area (Å²) in [6, 6.07) is -3.65. The van der Waals surface area contributed by atoms with Crippen molar-refractivity contribution in [3.63, 3.8) is 0 Å². The van der Waals surface area contributed by atoms with Crippen LogP contribution in [0.4, 0.5) is 4.39 Å². The largest absolute Gasteiger partial charge is 0.342 e. The summed E-state index contributed by atoms with van der Waals surface area (Å²) in [5.41, 5.74) is -3.65. The summed E-state index contributed by atoms with van der Waals surface area (Å²) in [5, 5.41) is 8.30. The van der Waals surface area contributed by atoms with Crippen molar-refractivity contribution < 1.29 is 36.8 Å². The number of carbonyl (C=O) groups is 5. The van der Waals surface area contributed by atoms with E-state index < -0.39 is 86.1 Å². The summed E-state index contributed by atoms with van der Waals surface area (Å²) in [6.45, 7) is 15.9. The van der Waals surface area contributed by atoms with Crippen LogP contribution in [0.25, 0.3) is 0 Å². The summed E-state index contributed by atoms with van der Waals surface area (Å²) in [6.07, 6.45) is 10.3. The zero-order valence-electron chi connectivity index (χ0n) is 34.7. The van der Waals surface area contributed by atoms with Gasteiger partial charge in [-0.05, 0) is 86.0 Å². The second-order valence-electron chi connectivity index (χ2n) is 20.3. The number of piperidine rings is 1. The Hall–Kier alpha value is -3.07. The van der Waals surface area contributed by atoms with Gasteiger partial charge in [0.1, 0.15) is 30.3 Å². The van der Waals surface area contributed by atoms with Crippen LogP contribution in [0.2, 0.25) is 0 Å². The molecule has 0 radical (unpaired) electrons. The number of halogens is 1. The van der Waals surface area contributed by atoms with Gasteiger partial charge >= 0.3 is 0 Å². The van der Waals surface area contributed by atoms with Crippen LogP contribution < -0.4 is 20.7 Å². The Morgan fingerprint density at radius 1 is 0.821 bits per heavy atom. The number of carbonyl (C=O) groups excluding carboxylic acids is 5. The maximum atomic E-state index is 15.1. The standard InChI is InChI=1S/C41H65FN6O7S/c1-36(2,3)29(43-31(49)27-14-9-12-22-47(27)23-21-42)33(51)44-30(37(4,5)6)34(52)48-25-41(38(7,8)40(41)19-13-20-40)24-28(48)32(50)45-39(17-10-11-18-39)35(53)46-56(54,55)26-15-16-26/h10-11,26-30H,9,12-25H2,1-8H3,(H,43,49)(H,44,51)(H,45,50)(H,46,53)/t27-,28-,29+,30+,41+/m0/s1.